The predicted octanol–water partition coefficient (Wildman–Crippen LogP) is 3.15. The van der Waals surface area contributed by atoms with Crippen LogP contribution in [0.5, 0.6) is 11.5 Å². The number of carbonyl (C=O) groups excluding carboxylic acids is 2. The molecule has 0 aliphatic carbocycles. The van der Waals surface area contributed by atoms with Gasteiger partial charge in [0.05, 0.1) is 12.2 Å². The molecule has 0 aliphatic heterocycles. The fourth-order valence-electron chi connectivity index (χ4n) is 1.76. The Hall–Kier alpha value is -3.02. The summed E-state index contributed by atoms with van der Waals surface area (Å²) in [6.45, 7) is 2.09. The molecule has 22 heavy (non-hydrogen) atoms. The highest BCUT2D eigenvalue weighted by molar-refractivity contribution is 5.89. The van der Waals surface area contributed by atoms with Crippen molar-refractivity contribution in [3.05, 3.63) is 54.1 Å². The van der Waals surface area contributed by atoms with Gasteiger partial charge in [0, 0.05) is 5.69 Å². The van der Waals surface area contributed by atoms with Crippen LogP contribution in [0.4, 0.5) is 10.5 Å². The maximum Gasteiger partial charge on any atom is 0.338 e. The van der Waals surface area contributed by atoms with E-state index in [4.69, 9.17) is 15.2 Å². The second kappa shape index (κ2) is 7.12. The second-order valence-corrected chi connectivity index (χ2v) is 4.36. The number of rotatable bonds is 5. The van der Waals surface area contributed by atoms with Gasteiger partial charge in [-0.2, -0.15) is 0 Å². The van der Waals surface area contributed by atoms with Gasteiger partial charge in [-0.05, 0) is 55.5 Å². The quantitative estimate of drug-likeness (QED) is 0.830. The number of nitrogens with one attached hydrogen (secondary N) is 1. The van der Waals surface area contributed by atoms with Gasteiger partial charge in [-0.3, -0.25) is 0 Å². The number of amides is 2. The number of nitrogens with two attached hydrogens (primary N) is 1. The van der Waals surface area contributed by atoms with Crippen molar-refractivity contribution in [2.75, 3.05) is 11.9 Å². The van der Waals surface area contributed by atoms with Crippen molar-refractivity contribution in [1.29, 1.82) is 0 Å². The molecule has 0 fully saturated rings. The number of carbonyl (C=O) groups is 2. The van der Waals surface area contributed by atoms with E-state index < -0.39 is 6.03 Å². The molecule has 0 unspecified atom stereocenters. The summed E-state index contributed by atoms with van der Waals surface area (Å²) >= 11 is 0. The van der Waals surface area contributed by atoms with Crippen LogP contribution in [-0.4, -0.2) is 18.6 Å². The second-order valence-electron chi connectivity index (χ2n) is 4.36. The first-order chi connectivity index (χ1) is 10.6. The van der Waals surface area contributed by atoms with Crippen molar-refractivity contribution in [2.24, 2.45) is 5.73 Å². The van der Waals surface area contributed by atoms with Gasteiger partial charge in [0.1, 0.15) is 11.5 Å². The Balaban J connectivity index is 2.01. The summed E-state index contributed by atoms with van der Waals surface area (Å²) in [7, 11) is 0. The first-order valence-corrected chi connectivity index (χ1v) is 6.70. The normalized spacial score (nSPS) is 9.86. The zero-order valence-electron chi connectivity index (χ0n) is 12.0. The average molecular weight is 300 g/mol. The van der Waals surface area contributed by atoms with Crippen LogP contribution in [0.25, 0.3) is 0 Å². The summed E-state index contributed by atoms with van der Waals surface area (Å²) in [4.78, 5) is 22.3. The molecule has 0 saturated carbocycles. The minimum atomic E-state index is -0.622. The number of primary amides is 1. The topological polar surface area (TPSA) is 90.7 Å². The van der Waals surface area contributed by atoms with Gasteiger partial charge in [0.25, 0.3) is 0 Å². The SMILES string of the molecule is CCOC(=O)c1ccc(Oc2ccc(NC(N)=O)cc2)cc1. The third-order valence-electron chi connectivity index (χ3n) is 2.72. The number of esters is 1. The maximum atomic E-state index is 11.5. The third kappa shape index (κ3) is 4.24. The summed E-state index contributed by atoms with van der Waals surface area (Å²) in [6.07, 6.45) is 0. The average Bonchev–Trinajstić information content (AvgIpc) is 2.50. The lowest BCUT2D eigenvalue weighted by Crippen LogP contribution is -2.19. The zero-order valence-corrected chi connectivity index (χ0v) is 12.0. The first-order valence-electron chi connectivity index (χ1n) is 6.70. The molecule has 2 aromatic rings. The fourth-order valence-corrected chi connectivity index (χ4v) is 1.76. The molecule has 0 saturated heterocycles. The highest BCUT2D eigenvalue weighted by Crippen LogP contribution is 2.23. The Bertz CT molecular complexity index is 651. The van der Waals surface area contributed by atoms with E-state index in [2.05, 4.69) is 5.32 Å². The molecular formula is C16H16N2O4. The van der Waals surface area contributed by atoms with Crippen LogP contribution >= 0.6 is 0 Å². The van der Waals surface area contributed by atoms with Crippen molar-refractivity contribution in [1.82, 2.24) is 0 Å². The van der Waals surface area contributed by atoms with Gasteiger partial charge >= 0.3 is 12.0 Å². The molecule has 0 aliphatic rings. The number of ether oxygens (including phenoxy) is 2. The lowest BCUT2D eigenvalue weighted by atomic mass is 10.2. The highest BCUT2D eigenvalue weighted by Gasteiger charge is 2.06. The summed E-state index contributed by atoms with van der Waals surface area (Å²) in [5.41, 5.74) is 6.08. The van der Waals surface area contributed by atoms with E-state index in [0.717, 1.165) is 0 Å². The lowest BCUT2D eigenvalue weighted by molar-refractivity contribution is 0.0526. The number of anilines is 1. The fraction of sp³-hybridized carbons (Fsp3) is 0.125. The summed E-state index contributed by atoms with van der Waals surface area (Å²) in [6, 6.07) is 12.8. The van der Waals surface area contributed by atoms with Gasteiger partial charge in [-0.15, -0.1) is 0 Å². The molecule has 114 valence electrons. The number of urea groups is 1. The number of benzene rings is 2. The summed E-state index contributed by atoms with van der Waals surface area (Å²) in [5.74, 6) is 0.818. The minimum absolute atomic E-state index is 0.336. The van der Waals surface area contributed by atoms with Crippen LogP contribution in [0, 0.1) is 0 Å². The highest BCUT2D eigenvalue weighted by atomic mass is 16.5. The maximum absolute atomic E-state index is 11.5. The van der Waals surface area contributed by atoms with Crippen LogP contribution in [0.3, 0.4) is 0 Å². The molecule has 6 nitrogen and oxygen atoms in total. The van der Waals surface area contributed by atoms with Crippen LogP contribution in [0.1, 0.15) is 17.3 Å². The first kappa shape index (κ1) is 15.4. The Labute approximate surface area is 127 Å². The Morgan fingerprint density at radius 3 is 2.05 bits per heavy atom. The van der Waals surface area contributed by atoms with Crippen LogP contribution in [-0.2, 0) is 4.74 Å². The van der Waals surface area contributed by atoms with Crippen molar-refractivity contribution < 1.29 is 19.1 Å². The molecule has 2 aromatic carbocycles. The van der Waals surface area contributed by atoms with Crippen LogP contribution in [0.2, 0.25) is 0 Å². The van der Waals surface area contributed by atoms with Crippen LogP contribution < -0.4 is 15.8 Å². The molecule has 0 spiro atoms. The molecule has 0 atom stereocenters. The predicted molar refractivity (Wildman–Crippen MR) is 82.1 cm³/mol. The van der Waals surface area contributed by atoms with E-state index in [1.165, 1.54) is 0 Å². The monoisotopic (exact) mass is 300 g/mol. The van der Waals surface area contributed by atoms with Gasteiger partial charge in [-0.1, -0.05) is 0 Å². The van der Waals surface area contributed by atoms with Crippen LogP contribution in [0.15, 0.2) is 48.5 Å². The van der Waals surface area contributed by atoms with E-state index in [1.54, 1.807) is 55.5 Å². The number of hydrogen-bond donors (Lipinski definition) is 2. The molecular weight excluding hydrogens is 284 g/mol. The molecule has 0 radical (unpaired) electrons. The van der Waals surface area contributed by atoms with E-state index in [0.29, 0.717) is 29.4 Å². The number of hydrogen-bond acceptors (Lipinski definition) is 4. The van der Waals surface area contributed by atoms with Crippen molar-refractivity contribution in [3.63, 3.8) is 0 Å². The van der Waals surface area contributed by atoms with E-state index in [9.17, 15) is 9.59 Å². The Kier molecular flexibility index (Phi) is 4.98. The minimum Gasteiger partial charge on any atom is -0.462 e. The summed E-state index contributed by atoms with van der Waals surface area (Å²) in [5, 5.41) is 2.46. The molecule has 0 heterocycles. The van der Waals surface area contributed by atoms with Gasteiger partial charge in [0.15, 0.2) is 0 Å². The largest absolute Gasteiger partial charge is 0.462 e. The molecule has 3 N–H and O–H groups in total. The van der Waals surface area contributed by atoms with Gasteiger partial charge in [0.2, 0.25) is 0 Å². The third-order valence-corrected chi connectivity index (χ3v) is 2.72. The van der Waals surface area contributed by atoms with Crippen molar-refractivity contribution >= 4 is 17.7 Å². The van der Waals surface area contributed by atoms with E-state index >= 15 is 0 Å². The van der Waals surface area contributed by atoms with Crippen molar-refractivity contribution in [3.8, 4) is 11.5 Å². The molecule has 0 aromatic heterocycles. The van der Waals surface area contributed by atoms with Gasteiger partial charge < -0.3 is 20.5 Å². The smallest absolute Gasteiger partial charge is 0.338 e. The lowest BCUT2D eigenvalue weighted by Gasteiger charge is -2.08. The van der Waals surface area contributed by atoms with Crippen molar-refractivity contribution in [2.45, 2.75) is 6.92 Å². The standard InChI is InChI=1S/C16H16N2O4/c1-2-21-15(19)11-3-7-13(8-4-11)22-14-9-5-12(6-10-14)18-16(17)20/h3-10H,2H2,1H3,(H3,17,18,20). The summed E-state index contributed by atoms with van der Waals surface area (Å²) < 4.78 is 10.5. The molecule has 2 rings (SSSR count). The zero-order chi connectivity index (χ0) is 15.9. The van der Waals surface area contributed by atoms with E-state index in [1.807, 2.05) is 0 Å². The van der Waals surface area contributed by atoms with Gasteiger partial charge in [-0.25, -0.2) is 9.59 Å². The van der Waals surface area contributed by atoms with E-state index in [-0.39, 0.29) is 5.97 Å². The molecule has 0 bridgehead atoms. The molecule has 6 heteroatoms. The Morgan fingerprint density at radius 2 is 1.55 bits per heavy atom. The molecule has 2 amide bonds. The Morgan fingerprint density at radius 1 is 1.00 bits per heavy atom.